The standard InChI is InChI=1S/C14H10Cl2FNO2/c15-9-4-5-10(12(18)6-9)14(19)20-7-8-2-1-3-11(17)13(8)16/h1-6H,7,18H2. The number of carbonyl (C=O) groups is 1. The van der Waals surface area contributed by atoms with Crippen LogP contribution in [0.3, 0.4) is 0 Å². The highest BCUT2D eigenvalue weighted by Gasteiger charge is 2.13. The molecule has 0 saturated carbocycles. The molecular weight excluding hydrogens is 304 g/mol. The van der Waals surface area contributed by atoms with Crippen LogP contribution in [0, 0.1) is 5.82 Å². The Morgan fingerprint density at radius 1 is 1.25 bits per heavy atom. The summed E-state index contributed by atoms with van der Waals surface area (Å²) in [4.78, 5) is 11.9. The maximum atomic E-state index is 13.2. The zero-order chi connectivity index (χ0) is 14.7. The summed E-state index contributed by atoms with van der Waals surface area (Å²) in [7, 11) is 0. The molecule has 104 valence electrons. The highest BCUT2D eigenvalue weighted by atomic mass is 35.5. The fraction of sp³-hybridized carbons (Fsp3) is 0.0714. The summed E-state index contributed by atoms with van der Waals surface area (Å²) in [6, 6.07) is 8.74. The van der Waals surface area contributed by atoms with Crippen LogP contribution in [-0.2, 0) is 11.3 Å². The molecule has 0 unspecified atom stereocenters. The lowest BCUT2D eigenvalue weighted by Gasteiger charge is -2.08. The Morgan fingerprint density at radius 3 is 2.70 bits per heavy atom. The van der Waals surface area contributed by atoms with Gasteiger partial charge in [0.1, 0.15) is 12.4 Å². The first-order valence-electron chi connectivity index (χ1n) is 5.64. The number of hydrogen-bond donors (Lipinski definition) is 1. The number of esters is 1. The molecular formula is C14H10Cl2FNO2. The summed E-state index contributed by atoms with van der Waals surface area (Å²) >= 11 is 11.5. The van der Waals surface area contributed by atoms with Crippen molar-refractivity contribution in [2.45, 2.75) is 6.61 Å². The maximum Gasteiger partial charge on any atom is 0.340 e. The van der Waals surface area contributed by atoms with Crippen molar-refractivity contribution in [3.05, 3.63) is 63.4 Å². The first-order chi connectivity index (χ1) is 9.49. The largest absolute Gasteiger partial charge is 0.457 e. The molecule has 0 aliphatic carbocycles. The third kappa shape index (κ3) is 3.21. The van der Waals surface area contributed by atoms with Gasteiger partial charge in [0.25, 0.3) is 0 Å². The molecule has 2 aromatic carbocycles. The van der Waals surface area contributed by atoms with Crippen molar-refractivity contribution in [3.8, 4) is 0 Å². The molecule has 0 aromatic heterocycles. The lowest BCUT2D eigenvalue weighted by atomic mass is 10.2. The lowest BCUT2D eigenvalue weighted by molar-refractivity contribution is 0.0474. The molecule has 0 bridgehead atoms. The fourth-order valence-corrected chi connectivity index (χ4v) is 1.96. The zero-order valence-corrected chi connectivity index (χ0v) is 11.7. The van der Waals surface area contributed by atoms with Crippen LogP contribution in [0.2, 0.25) is 10.0 Å². The van der Waals surface area contributed by atoms with E-state index in [1.54, 1.807) is 6.07 Å². The molecule has 0 aliphatic heterocycles. The second kappa shape index (κ2) is 6.11. The molecule has 2 N–H and O–H groups in total. The third-order valence-corrected chi connectivity index (χ3v) is 3.28. The van der Waals surface area contributed by atoms with Gasteiger partial charge >= 0.3 is 5.97 Å². The van der Waals surface area contributed by atoms with E-state index in [9.17, 15) is 9.18 Å². The normalized spacial score (nSPS) is 10.3. The van der Waals surface area contributed by atoms with Gasteiger partial charge in [-0.05, 0) is 24.3 Å². The molecule has 0 radical (unpaired) electrons. The Bertz CT molecular complexity index is 662. The van der Waals surface area contributed by atoms with Crippen molar-refractivity contribution in [2.24, 2.45) is 0 Å². The zero-order valence-electron chi connectivity index (χ0n) is 10.2. The van der Waals surface area contributed by atoms with Crippen LogP contribution in [0.5, 0.6) is 0 Å². The average Bonchev–Trinajstić information content (AvgIpc) is 2.40. The van der Waals surface area contributed by atoms with Crippen LogP contribution < -0.4 is 5.73 Å². The fourth-order valence-electron chi connectivity index (χ4n) is 1.60. The van der Waals surface area contributed by atoms with Crippen LogP contribution in [-0.4, -0.2) is 5.97 Å². The van der Waals surface area contributed by atoms with Crippen molar-refractivity contribution >= 4 is 34.9 Å². The average molecular weight is 314 g/mol. The van der Waals surface area contributed by atoms with E-state index in [-0.39, 0.29) is 22.9 Å². The summed E-state index contributed by atoms with van der Waals surface area (Å²) in [6.07, 6.45) is 0. The number of anilines is 1. The number of hydrogen-bond acceptors (Lipinski definition) is 3. The number of nitrogens with two attached hydrogens (primary N) is 1. The van der Waals surface area contributed by atoms with E-state index < -0.39 is 11.8 Å². The van der Waals surface area contributed by atoms with Crippen molar-refractivity contribution < 1.29 is 13.9 Å². The number of benzene rings is 2. The van der Waals surface area contributed by atoms with Crippen LogP contribution in [0.1, 0.15) is 15.9 Å². The molecule has 6 heteroatoms. The van der Waals surface area contributed by atoms with E-state index in [0.717, 1.165) is 0 Å². The molecule has 2 rings (SSSR count). The minimum atomic E-state index is -0.625. The molecule has 2 aromatic rings. The van der Waals surface area contributed by atoms with Crippen LogP contribution >= 0.6 is 23.2 Å². The Balaban J connectivity index is 2.11. The van der Waals surface area contributed by atoms with Crippen LogP contribution in [0.25, 0.3) is 0 Å². The summed E-state index contributed by atoms with van der Waals surface area (Å²) in [5.74, 6) is -1.19. The SMILES string of the molecule is Nc1cc(Cl)ccc1C(=O)OCc1cccc(F)c1Cl. The smallest absolute Gasteiger partial charge is 0.340 e. The Kier molecular flexibility index (Phi) is 4.47. The minimum Gasteiger partial charge on any atom is -0.457 e. The van der Waals surface area contributed by atoms with Crippen molar-refractivity contribution in [2.75, 3.05) is 5.73 Å². The lowest BCUT2D eigenvalue weighted by Crippen LogP contribution is -2.08. The van der Waals surface area contributed by atoms with Gasteiger partial charge in [0.05, 0.1) is 10.6 Å². The maximum absolute atomic E-state index is 13.2. The van der Waals surface area contributed by atoms with Crippen molar-refractivity contribution in [1.29, 1.82) is 0 Å². The number of rotatable bonds is 3. The quantitative estimate of drug-likeness (QED) is 0.686. The summed E-state index contributed by atoms with van der Waals surface area (Å²) in [5, 5.41) is 0.358. The van der Waals surface area contributed by atoms with Gasteiger partial charge < -0.3 is 10.5 Å². The van der Waals surface area contributed by atoms with Crippen molar-refractivity contribution in [1.82, 2.24) is 0 Å². The highest BCUT2D eigenvalue weighted by Crippen LogP contribution is 2.22. The van der Waals surface area contributed by atoms with Gasteiger partial charge in [0.15, 0.2) is 0 Å². The van der Waals surface area contributed by atoms with Crippen LogP contribution in [0.15, 0.2) is 36.4 Å². The summed E-state index contributed by atoms with van der Waals surface area (Å²) < 4.78 is 18.3. The molecule has 0 amide bonds. The van der Waals surface area contributed by atoms with E-state index in [4.69, 9.17) is 33.7 Å². The van der Waals surface area contributed by atoms with E-state index in [1.165, 1.54) is 30.3 Å². The number of nitrogen functional groups attached to an aromatic ring is 1. The van der Waals surface area contributed by atoms with Gasteiger partial charge in [0.2, 0.25) is 0 Å². The Hall–Kier alpha value is -1.78. The van der Waals surface area contributed by atoms with E-state index in [0.29, 0.717) is 10.6 Å². The minimum absolute atomic E-state index is 0.0654. The molecule has 0 saturated heterocycles. The van der Waals surface area contributed by atoms with Gasteiger partial charge in [-0.2, -0.15) is 0 Å². The second-order valence-electron chi connectivity index (χ2n) is 4.02. The number of halogens is 3. The third-order valence-electron chi connectivity index (χ3n) is 2.62. The molecule has 0 heterocycles. The predicted molar refractivity (Wildman–Crippen MR) is 76.4 cm³/mol. The van der Waals surface area contributed by atoms with Gasteiger partial charge in [-0.3, -0.25) is 0 Å². The van der Waals surface area contributed by atoms with Crippen molar-refractivity contribution in [3.63, 3.8) is 0 Å². The summed E-state index contributed by atoms with van der Waals surface area (Å²) in [5.41, 5.74) is 6.47. The second-order valence-corrected chi connectivity index (χ2v) is 4.84. The highest BCUT2D eigenvalue weighted by molar-refractivity contribution is 6.31. The van der Waals surface area contributed by atoms with E-state index in [1.807, 2.05) is 0 Å². The predicted octanol–water partition coefficient (Wildman–Crippen LogP) is 4.07. The molecule has 0 atom stereocenters. The van der Waals surface area contributed by atoms with Gasteiger partial charge in [0, 0.05) is 16.3 Å². The molecule has 0 fully saturated rings. The Morgan fingerprint density at radius 2 is 2.00 bits per heavy atom. The topological polar surface area (TPSA) is 52.3 Å². The molecule has 20 heavy (non-hydrogen) atoms. The van der Waals surface area contributed by atoms with Crippen LogP contribution in [0.4, 0.5) is 10.1 Å². The number of ether oxygens (including phenoxy) is 1. The molecule has 0 spiro atoms. The van der Waals surface area contributed by atoms with E-state index in [2.05, 4.69) is 0 Å². The first-order valence-corrected chi connectivity index (χ1v) is 6.39. The summed E-state index contributed by atoms with van der Waals surface area (Å²) in [6.45, 7) is -0.141. The first kappa shape index (κ1) is 14.6. The molecule has 0 aliphatic rings. The van der Waals surface area contributed by atoms with Gasteiger partial charge in [-0.1, -0.05) is 35.3 Å². The molecule has 3 nitrogen and oxygen atoms in total. The Labute approximate surface area is 125 Å². The number of carbonyl (C=O) groups excluding carboxylic acids is 1. The van der Waals surface area contributed by atoms with Gasteiger partial charge in [-0.25, -0.2) is 9.18 Å². The van der Waals surface area contributed by atoms with Gasteiger partial charge in [-0.15, -0.1) is 0 Å². The monoisotopic (exact) mass is 313 g/mol. The van der Waals surface area contributed by atoms with E-state index >= 15 is 0 Å².